The van der Waals surface area contributed by atoms with Crippen LogP contribution in [-0.4, -0.2) is 15.0 Å². The number of benzene rings is 2. The van der Waals surface area contributed by atoms with Gasteiger partial charge in [0.15, 0.2) is 0 Å². The molecule has 3 rings (SSSR count). The van der Waals surface area contributed by atoms with Crippen LogP contribution in [0.15, 0.2) is 46.9 Å². The first-order chi connectivity index (χ1) is 8.79. The van der Waals surface area contributed by atoms with Gasteiger partial charge in [0.05, 0.1) is 11.2 Å². The van der Waals surface area contributed by atoms with Crippen molar-refractivity contribution < 1.29 is 0 Å². The molecule has 2 aromatic carbocycles. The van der Waals surface area contributed by atoms with Gasteiger partial charge in [0.1, 0.15) is 5.52 Å². The van der Waals surface area contributed by atoms with E-state index in [1.54, 1.807) is 0 Å². The van der Waals surface area contributed by atoms with Gasteiger partial charge in [0, 0.05) is 9.80 Å². The summed E-state index contributed by atoms with van der Waals surface area (Å²) in [4.78, 5) is 0. The minimum atomic E-state index is 0.774. The number of nitrogens with zero attached hydrogens (tertiary/aromatic N) is 3. The van der Waals surface area contributed by atoms with E-state index in [4.69, 9.17) is 0 Å². The largest absolute Gasteiger partial charge is 0.213 e. The number of hydrogen-bond acceptors (Lipinski definition) is 2. The number of alkyl halides is 1. The molecule has 0 saturated carbocycles. The number of fused-ring (bicyclic) bond motifs is 1. The Labute approximate surface area is 121 Å². The minimum absolute atomic E-state index is 0.774. The summed E-state index contributed by atoms with van der Waals surface area (Å²) in [7, 11) is 0. The van der Waals surface area contributed by atoms with Crippen LogP contribution in [0.5, 0.6) is 0 Å². The van der Waals surface area contributed by atoms with E-state index >= 15 is 0 Å². The summed E-state index contributed by atoms with van der Waals surface area (Å²) in [6.45, 7) is 0. The second-order valence-corrected chi connectivity index (χ2v) is 5.37. The van der Waals surface area contributed by atoms with Crippen molar-refractivity contribution in [2.45, 2.75) is 5.33 Å². The van der Waals surface area contributed by atoms with Crippen molar-refractivity contribution in [3.05, 3.63) is 52.5 Å². The van der Waals surface area contributed by atoms with Crippen molar-refractivity contribution in [2.75, 3.05) is 0 Å². The van der Waals surface area contributed by atoms with Crippen LogP contribution in [0.25, 0.3) is 16.7 Å². The highest BCUT2D eigenvalue weighted by Gasteiger charge is 2.09. The van der Waals surface area contributed by atoms with Gasteiger partial charge in [0.25, 0.3) is 0 Å². The lowest BCUT2D eigenvalue weighted by Gasteiger charge is -2.08. The van der Waals surface area contributed by atoms with Crippen LogP contribution in [0.2, 0.25) is 0 Å². The summed E-state index contributed by atoms with van der Waals surface area (Å²) < 4.78 is 2.93. The first-order valence-corrected chi connectivity index (χ1v) is 7.36. The Morgan fingerprint density at radius 3 is 2.78 bits per heavy atom. The molecular weight excluding hydrogens is 358 g/mol. The average Bonchev–Trinajstić information content (AvgIpc) is 2.82. The maximum Gasteiger partial charge on any atom is 0.113 e. The fourth-order valence-electron chi connectivity index (χ4n) is 1.91. The van der Waals surface area contributed by atoms with Gasteiger partial charge < -0.3 is 0 Å². The molecule has 0 spiro atoms. The van der Waals surface area contributed by atoms with Crippen molar-refractivity contribution >= 4 is 42.9 Å². The van der Waals surface area contributed by atoms with Crippen LogP contribution in [-0.2, 0) is 5.33 Å². The Morgan fingerprint density at radius 2 is 1.94 bits per heavy atom. The van der Waals surface area contributed by atoms with Crippen molar-refractivity contribution in [3.63, 3.8) is 0 Å². The Hall–Kier alpha value is -1.20. The highest BCUT2D eigenvalue weighted by Crippen LogP contribution is 2.24. The Balaban J connectivity index is 2.26. The molecule has 0 atom stereocenters. The van der Waals surface area contributed by atoms with Gasteiger partial charge in [-0.15, -0.1) is 5.10 Å². The minimum Gasteiger partial charge on any atom is -0.213 e. The van der Waals surface area contributed by atoms with Crippen molar-refractivity contribution in [1.29, 1.82) is 0 Å². The van der Waals surface area contributed by atoms with E-state index in [0.717, 1.165) is 26.5 Å². The summed E-state index contributed by atoms with van der Waals surface area (Å²) >= 11 is 6.99. The van der Waals surface area contributed by atoms with E-state index < -0.39 is 0 Å². The van der Waals surface area contributed by atoms with Crippen LogP contribution in [0.1, 0.15) is 5.56 Å². The van der Waals surface area contributed by atoms with Gasteiger partial charge in [-0.1, -0.05) is 49.2 Å². The summed E-state index contributed by atoms with van der Waals surface area (Å²) in [6, 6.07) is 14.1. The molecule has 0 amide bonds. The molecule has 90 valence electrons. The van der Waals surface area contributed by atoms with E-state index in [2.05, 4.69) is 48.2 Å². The Morgan fingerprint density at radius 1 is 1.11 bits per heavy atom. The van der Waals surface area contributed by atoms with E-state index in [0.29, 0.717) is 0 Å². The molecule has 0 radical (unpaired) electrons. The molecule has 0 aliphatic carbocycles. The molecule has 1 heterocycles. The van der Waals surface area contributed by atoms with Gasteiger partial charge in [-0.2, -0.15) is 0 Å². The maximum absolute atomic E-state index is 4.23. The van der Waals surface area contributed by atoms with Crippen LogP contribution < -0.4 is 0 Å². The SMILES string of the molecule is BrCc1cc(Br)ccc1-n1nnc2ccccc21. The van der Waals surface area contributed by atoms with Crippen molar-refractivity contribution in [1.82, 2.24) is 15.0 Å². The average molecular weight is 367 g/mol. The zero-order valence-corrected chi connectivity index (χ0v) is 12.5. The Kier molecular flexibility index (Phi) is 3.18. The fourth-order valence-corrected chi connectivity index (χ4v) is 2.77. The second-order valence-electron chi connectivity index (χ2n) is 3.90. The zero-order chi connectivity index (χ0) is 12.5. The predicted molar refractivity (Wildman–Crippen MR) is 79.2 cm³/mol. The molecule has 0 fully saturated rings. The van der Waals surface area contributed by atoms with Gasteiger partial charge in [-0.3, -0.25) is 0 Å². The van der Waals surface area contributed by atoms with Gasteiger partial charge in [-0.05, 0) is 35.9 Å². The molecule has 18 heavy (non-hydrogen) atoms. The summed E-state index contributed by atoms with van der Waals surface area (Å²) in [5.41, 5.74) is 4.13. The summed E-state index contributed by atoms with van der Waals surface area (Å²) in [5.74, 6) is 0. The Bertz CT molecular complexity index is 706. The normalized spacial score (nSPS) is 11.0. The predicted octanol–water partition coefficient (Wildman–Crippen LogP) is 4.08. The number of halogens is 2. The molecule has 0 N–H and O–H groups in total. The van der Waals surface area contributed by atoms with Crippen LogP contribution in [0.4, 0.5) is 0 Å². The van der Waals surface area contributed by atoms with Crippen LogP contribution in [0.3, 0.4) is 0 Å². The third-order valence-corrected chi connectivity index (χ3v) is 3.86. The molecule has 0 aliphatic rings. The summed E-state index contributed by atoms with van der Waals surface area (Å²) in [6.07, 6.45) is 0. The van der Waals surface area contributed by atoms with Crippen LogP contribution in [0, 0.1) is 0 Å². The lowest BCUT2D eigenvalue weighted by atomic mass is 10.2. The second kappa shape index (κ2) is 4.82. The fraction of sp³-hybridized carbons (Fsp3) is 0.0769. The number of para-hydroxylation sites is 1. The molecule has 0 saturated heterocycles. The van der Waals surface area contributed by atoms with E-state index in [1.807, 2.05) is 41.1 Å². The maximum atomic E-state index is 4.23. The molecular formula is C13H9Br2N3. The number of rotatable bonds is 2. The van der Waals surface area contributed by atoms with Gasteiger partial charge in [0.2, 0.25) is 0 Å². The van der Waals surface area contributed by atoms with Crippen molar-refractivity contribution in [3.8, 4) is 5.69 Å². The smallest absolute Gasteiger partial charge is 0.113 e. The summed E-state index contributed by atoms with van der Waals surface area (Å²) in [5, 5.41) is 9.19. The molecule has 5 heteroatoms. The van der Waals surface area contributed by atoms with Crippen molar-refractivity contribution in [2.24, 2.45) is 0 Å². The van der Waals surface area contributed by atoms with E-state index in [9.17, 15) is 0 Å². The molecule has 3 nitrogen and oxygen atoms in total. The van der Waals surface area contributed by atoms with Gasteiger partial charge >= 0.3 is 0 Å². The lowest BCUT2D eigenvalue weighted by Crippen LogP contribution is -2.00. The number of aromatic nitrogens is 3. The monoisotopic (exact) mass is 365 g/mol. The first-order valence-electron chi connectivity index (χ1n) is 5.45. The molecule has 0 bridgehead atoms. The topological polar surface area (TPSA) is 30.7 Å². The standard InChI is InChI=1S/C13H9Br2N3/c14-8-9-7-10(15)5-6-12(9)18-13-4-2-1-3-11(13)16-17-18/h1-7H,8H2. The lowest BCUT2D eigenvalue weighted by molar-refractivity contribution is 0.818. The molecule has 1 aromatic heterocycles. The third-order valence-electron chi connectivity index (χ3n) is 2.77. The quantitative estimate of drug-likeness (QED) is 0.640. The van der Waals surface area contributed by atoms with Crippen LogP contribution >= 0.6 is 31.9 Å². The number of hydrogen-bond donors (Lipinski definition) is 0. The highest BCUT2D eigenvalue weighted by atomic mass is 79.9. The third kappa shape index (κ3) is 1.97. The molecule has 0 aliphatic heterocycles. The first kappa shape index (κ1) is 11.9. The zero-order valence-electron chi connectivity index (χ0n) is 9.35. The van der Waals surface area contributed by atoms with E-state index in [-0.39, 0.29) is 0 Å². The van der Waals surface area contributed by atoms with E-state index in [1.165, 1.54) is 5.56 Å². The molecule has 3 aromatic rings. The highest BCUT2D eigenvalue weighted by molar-refractivity contribution is 9.10. The van der Waals surface area contributed by atoms with Gasteiger partial charge in [-0.25, -0.2) is 4.68 Å². The molecule has 0 unspecified atom stereocenters.